The Bertz CT molecular complexity index is 1560. The summed E-state index contributed by atoms with van der Waals surface area (Å²) in [6.45, 7) is 4.95. The maximum atomic E-state index is 14.1. The highest BCUT2D eigenvalue weighted by atomic mass is 16.5. The van der Waals surface area contributed by atoms with Crippen molar-refractivity contribution in [2.45, 2.75) is 87.6 Å². The number of hydrogen-bond donors (Lipinski definition) is 2. The molecule has 12 nitrogen and oxygen atoms in total. The predicted octanol–water partition coefficient (Wildman–Crippen LogP) is 2.04. The third kappa shape index (κ3) is 3.86. The van der Waals surface area contributed by atoms with Crippen LogP contribution in [0.25, 0.3) is 0 Å². The average molecular weight is 683 g/mol. The van der Waals surface area contributed by atoms with Crippen molar-refractivity contribution in [1.82, 2.24) is 4.90 Å². The van der Waals surface area contributed by atoms with Gasteiger partial charge in [0.05, 0.1) is 48.3 Å². The van der Waals surface area contributed by atoms with Crippen LogP contribution in [0, 0.1) is 40.4 Å². The number of carbonyl (C=O) groups excluding carboxylic acids is 3. The maximum absolute atomic E-state index is 14.1. The minimum absolute atomic E-state index is 0.0358. The maximum Gasteiger partial charge on any atom is 0.340 e. The van der Waals surface area contributed by atoms with Crippen molar-refractivity contribution in [2.75, 3.05) is 53.0 Å². The van der Waals surface area contributed by atoms with E-state index in [1.54, 1.807) is 59.6 Å². The van der Waals surface area contributed by atoms with Gasteiger partial charge in [-0.15, -0.1) is 0 Å². The molecule has 14 atom stereocenters. The van der Waals surface area contributed by atoms with Crippen LogP contribution in [0.4, 0.5) is 5.69 Å². The van der Waals surface area contributed by atoms with Crippen molar-refractivity contribution in [3.05, 3.63) is 29.8 Å². The second-order valence-corrected chi connectivity index (χ2v) is 16.0. The molecule has 8 rings (SSSR count). The number of imide groups is 1. The smallest absolute Gasteiger partial charge is 0.340 e. The molecule has 7 bridgehead atoms. The Hall–Kier alpha value is -2.45. The van der Waals surface area contributed by atoms with Crippen LogP contribution in [0.5, 0.6) is 0 Å². The van der Waals surface area contributed by atoms with Crippen LogP contribution in [0.3, 0.4) is 0 Å². The Morgan fingerprint density at radius 1 is 1.04 bits per heavy atom. The molecule has 1 aromatic rings. The van der Waals surface area contributed by atoms with Crippen LogP contribution in [-0.2, 0) is 33.3 Å². The number of esters is 1. The number of anilines is 1. The van der Waals surface area contributed by atoms with E-state index in [4.69, 9.17) is 23.7 Å². The van der Waals surface area contributed by atoms with Gasteiger partial charge in [-0.3, -0.25) is 14.5 Å². The molecule has 1 aromatic carbocycles. The summed E-state index contributed by atoms with van der Waals surface area (Å²) in [7, 11) is 6.70. The summed E-state index contributed by atoms with van der Waals surface area (Å²) in [6, 6.07) is 6.12. The lowest BCUT2D eigenvalue weighted by atomic mass is 9.42. The van der Waals surface area contributed by atoms with Gasteiger partial charge in [0.25, 0.3) is 0 Å². The van der Waals surface area contributed by atoms with Gasteiger partial charge in [0, 0.05) is 82.3 Å². The van der Waals surface area contributed by atoms with Gasteiger partial charge < -0.3 is 33.9 Å². The van der Waals surface area contributed by atoms with E-state index in [1.807, 2.05) is 0 Å². The number of fused-ring (bicyclic) bond motifs is 2. The van der Waals surface area contributed by atoms with Gasteiger partial charge in [-0.05, 0) is 43.9 Å². The van der Waals surface area contributed by atoms with Crippen LogP contribution < -0.4 is 4.90 Å². The van der Waals surface area contributed by atoms with E-state index in [-0.39, 0.29) is 84.5 Å². The zero-order valence-electron chi connectivity index (χ0n) is 29.3. The van der Waals surface area contributed by atoms with Crippen molar-refractivity contribution in [1.29, 1.82) is 0 Å². The van der Waals surface area contributed by atoms with E-state index in [1.165, 1.54) is 0 Å². The number of piperidine rings is 1. The largest absolute Gasteiger partial charge is 0.461 e. The number of likely N-dealkylation sites (tertiary alicyclic amines) is 1. The lowest BCUT2D eigenvalue weighted by Crippen LogP contribution is -2.82. The molecule has 2 heterocycles. The summed E-state index contributed by atoms with van der Waals surface area (Å²) in [5, 5.41) is 26.6. The second-order valence-electron chi connectivity index (χ2n) is 16.0. The van der Waals surface area contributed by atoms with E-state index in [0.29, 0.717) is 25.9 Å². The van der Waals surface area contributed by atoms with Crippen molar-refractivity contribution in [3.8, 4) is 0 Å². The minimum Gasteiger partial charge on any atom is -0.461 e. The number of benzene rings is 1. The molecule has 7 aliphatic rings. The molecular formula is C37H50N2O10. The monoisotopic (exact) mass is 682 g/mol. The molecule has 49 heavy (non-hydrogen) atoms. The van der Waals surface area contributed by atoms with Crippen LogP contribution >= 0.6 is 0 Å². The van der Waals surface area contributed by atoms with Gasteiger partial charge in [0.15, 0.2) is 0 Å². The Morgan fingerprint density at radius 2 is 1.80 bits per heavy atom. The van der Waals surface area contributed by atoms with Gasteiger partial charge in [-0.25, -0.2) is 9.69 Å². The molecular weight excluding hydrogens is 632 g/mol. The molecule has 2 N–H and O–H groups in total. The van der Waals surface area contributed by atoms with Gasteiger partial charge in [-0.1, -0.05) is 26.0 Å². The normalized spacial score (nSPS) is 48.0. The van der Waals surface area contributed by atoms with Crippen LogP contribution in [0.2, 0.25) is 0 Å². The lowest BCUT2D eigenvalue weighted by Gasteiger charge is -2.70. The quantitative estimate of drug-likeness (QED) is 0.292. The summed E-state index contributed by atoms with van der Waals surface area (Å²) >= 11 is 0. The highest BCUT2D eigenvalue weighted by molar-refractivity contribution is 6.22. The molecule has 2 saturated heterocycles. The van der Waals surface area contributed by atoms with E-state index in [9.17, 15) is 24.6 Å². The number of methoxy groups -OCH3 is 4. The van der Waals surface area contributed by atoms with Gasteiger partial charge >= 0.3 is 5.97 Å². The Labute approximate surface area is 287 Å². The summed E-state index contributed by atoms with van der Waals surface area (Å²) in [5.74, 6) is -2.47. The average Bonchev–Trinajstić information content (AvgIpc) is 3.63. The lowest BCUT2D eigenvalue weighted by molar-refractivity contribution is -0.320. The number of aliphatic hydroxyl groups is 2. The number of amides is 2. The summed E-state index contributed by atoms with van der Waals surface area (Å²) in [6.07, 6.45) is 0.813. The molecule has 12 heteroatoms. The van der Waals surface area contributed by atoms with Crippen LogP contribution in [0.15, 0.2) is 24.3 Å². The fraction of sp³-hybridized carbons (Fsp3) is 0.757. The van der Waals surface area contributed by atoms with E-state index in [2.05, 4.69) is 11.8 Å². The van der Waals surface area contributed by atoms with E-state index < -0.39 is 46.1 Å². The number of ether oxygens (including phenoxy) is 5. The molecule has 5 saturated carbocycles. The fourth-order valence-corrected chi connectivity index (χ4v) is 13.2. The first-order chi connectivity index (χ1) is 23.4. The van der Waals surface area contributed by atoms with E-state index >= 15 is 0 Å². The van der Waals surface area contributed by atoms with Crippen LogP contribution in [0.1, 0.15) is 56.3 Å². The van der Waals surface area contributed by atoms with Crippen molar-refractivity contribution >= 4 is 23.5 Å². The number of rotatable bonds is 9. The van der Waals surface area contributed by atoms with Crippen molar-refractivity contribution in [2.24, 2.45) is 40.4 Å². The molecule has 1 spiro atoms. The fourth-order valence-electron chi connectivity index (χ4n) is 13.2. The minimum atomic E-state index is -1.70. The standard InChI is InChI=1S/C37H50N2O10/c1-7-38-17-34(18-49-32(42)20-10-8-9-11-23(20)39-26(40)14-19(2)31(39)41)13-12-25(46-4)36-22-15-21-24(45-3)16-35(43,27(22)28(21)47-5)37(44,33(36)38)30(48-6)29(34)36/h8-11,19,21-22,24-25,27-30,33,43-44H,7,12-18H2,1-6H3/t19-,21+,22+,24-,25-,27+,28-,29+,30-,33?,34-,35+,36-,37?/m0/s1. The topological polar surface area (TPSA) is 144 Å². The molecule has 7 fully saturated rings. The number of hydrogen-bond acceptors (Lipinski definition) is 11. The first-order valence-corrected chi connectivity index (χ1v) is 17.9. The summed E-state index contributed by atoms with van der Waals surface area (Å²) in [5.41, 5.74) is -4.17. The molecule has 2 amide bonds. The predicted molar refractivity (Wildman–Crippen MR) is 174 cm³/mol. The summed E-state index contributed by atoms with van der Waals surface area (Å²) in [4.78, 5) is 43.3. The van der Waals surface area contributed by atoms with Gasteiger partial charge in [-0.2, -0.15) is 0 Å². The van der Waals surface area contributed by atoms with Gasteiger partial charge in [0.1, 0.15) is 11.2 Å². The zero-order valence-corrected chi connectivity index (χ0v) is 29.3. The molecule has 0 aromatic heterocycles. The zero-order chi connectivity index (χ0) is 34.8. The Balaban J connectivity index is 1.23. The SMILES string of the molecule is CCN1C[C@]2(COC(=O)c3ccccc3N3C(=O)C[C@H](C)C3=O)CC[C@H](OC)[C@]34C1C(O)([C@@H](OC)[C@H]23)[C@@]1(O)C[C@H](OC)[C@H]2C[C@@H]4[C@@H]1[C@H]2OC. The first-order valence-electron chi connectivity index (χ1n) is 17.9. The summed E-state index contributed by atoms with van der Waals surface area (Å²) < 4.78 is 31.4. The second kappa shape index (κ2) is 11.3. The third-order valence-electron chi connectivity index (χ3n) is 14.5. The molecule has 5 aliphatic carbocycles. The number of nitrogens with zero attached hydrogens (tertiary/aromatic N) is 2. The van der Waals surface area contributed by atoms with Gasteiger partial charge in [0.2, 0.25) is 11.8 Å². The third-order valence-corrected chi connectivity index (χ3v) is 14.5. The number of carbonyl (C=O) groups is 3. The molecule has 268 valence electrons. The highest BCUT2D eigenvalue weighted by Gasteiger charge is 2.91. The molecule has 0 radical (unpaired) electrons. The number of likely N-dealkylation sites (N-methyl/N-ethyl adjacent to an activating group) is 1. The Kier molecular flexibility index (Phi) is 7.75. The molecule has 2 unspecified atom stereocenters. The van der Waals surface area contributed by atoms with E-state index in [0.717, 1.165) is 11.3 Å². The first kappa shape index (κ1) is 33.7. The van der Waals surface area contributed by atoms with Crippen molar-refractivity contribution in [3.63, 3.8) is 0 Å². The van der Waals surface area contributed by atoms with Crippen molar-refractivity contribution < 1.29 is 48.3 Å². The molecule has 2 aliphatic heterocycles. The van der Waals surface area contributed by atoms with Crippen LogP contribution in [-0.4, -0.2) is 123 Å². The highest BCUT2D eigenvalue weighted by Crippen LogP contribution is 2.80. The number of para-hydroxylation sites is 1. The Morgan fingerprint density at radius 3 is 2.43 bits per heavy atom.